The minimum atomic E-state index is -1.36. The molecule has 1 heterocycles. The molecule has 0 unspecified atom stereocenters. The second-order valence-electron chi connectivity index (χ2n) is 2.85. The van der Waals surface area contributed by atoms with Gasteiger partial charge in [0, 0.05) is 12.6 Å². The maximum atomic E-state index is 13.0. The number of aliphatic hydroxyl groups excluding tert-OH is 1. The molecule has 1 rings (SSSR count). The normalized spacial score (nSPS) is 10.5. The quantitative estimate of drug-likeness (QED) is 0.569. The van der Waals surface area contributed by atoms with Gasteiger partial charge in [-0.05, 0) is 0 Å². The molecule has 0 aliphatic carbocycles. The Bertz CT molecular complexity index is 350. The van der Waals surface area contributed by atoms with Crippen molar-refractivity contribution < 1.29 is 23.0 Å². The molecule has 0 atom stereocenters. The maximum Gasteiger partial charge on any atom is 0.251 e. The van der Waals surface area contributed by atoms with Crippen LogP contribution in [0.5, 0.6) is 0 Å². The van der Waals surface area contributed by atoms with Crippen molar-refractivity contribution in [3.63, 3.8) is 0 Å². The highest BCUT2D eigenvalue weighted by molar-refractivity contribution is 5.35. The van der Waals surface area contributed by atoms with Gasteiger partial charge in [-0.15, -0.1) is 0 Å². The molecule has 0 aliphatic rings. The van der Waals surface area contributed by atoms with Crippen LogP contribution in [0.1, 0.15) is 0 Å². The highest BCUT2D eigenvalue weighted by Gasteiger charge is 2.10. The summed E-state index contributed by atoms with van der Waals surface area (Å²) in [5.41, 5.74) is 0. The first-order valence-electron chi connectivity index (χ1n) is 4.59. The molecule has 1 aromatic rings. The Balaban J connectivity index is 2.45. The van der Waals surface area contributed by atoms with E-state index in [4.69, 9.17) is 9.84 Å². The predicted octanol–water partition coefficient (Wildman–Crippen LogP) is 0.920. The minimum absolute atomic E-state index is 0.113. The summed E-state index contributed by atoms with van der Waals surface area (Å²) in [4.78, 5) is 3.06. The first kappa shape index (κ1) is 12.7. The zero-order valence-corrected chi connectivity index (χ0v) is 8.34. The lowest BCUT2D eigenvalue weighted by atomic mass is 10.4. The molecule has 0 aliphatic heterocycles. The minimum Gasteiger partial charge on any atom is -0.394 e. The predicted molar refractivity (Wildman–Crippen MR) is 50.5 cm³/mol. The maximum absolute atomic E-state index is 13.0. The number of hydrogen-bond acceptors (Lipinski definition) is 4. The number of hydrogen-bond donors (Lipinski definition) is 2. The second-order valence-corrected chi connectivity index (χ2v) is 2.85. The Morgan fingerprint density at radius 1 is 1.25 bits per heavy atom. The van der Waals surface area contributed by atoms with E-state index in [2.05, 4.69) is 10.3 Å². The van der Waals surface area contributed by atoms with Gasteiger partial charge < -0.3 is 15.2 Å². The standard InChI is InChI=1S/C9H11F3N2O2/c10-6-5-7(11)9(14-8(6)12)13-1-3-16-4-2-15/h5,15H,1-4H2,(H,13,14). The lowest BCUT2D eigenvalue weighted by Gasteiger charge is -2.07. The van der Waals surface area contributed by atoms with Crippen LogP contribution in [0.15, 0.2) is 6.07 Å². The molecule has 0 fully saturated rings. The Kier molecular flexibility index (Phi) is 5.00. The summed E-state index contributed by atoms with van der Waals surface area (Å²) in [5, 5.41) is 10.8. The largest absolute Gasteiger partial charge is 0.394 e. The van der Waals surface area contributed by atoms with E-state index in [1.165, 1.54) is 0 Å². The molecule has 16 heavy (non-hydrogen) atoms. The molecule has 0 saturated carbocycles. The summed E-state index contributed by atoms with van der Waals surface area (Å²) >= 11 is 0. The molecule has 2 N–H and O–H groups in total. The summed E-state index contributed by atoms with van der Waals surface area (Å²) in [7, 11) is 0. The van der Waals surface area contributed by atoms with Crippen LogP contribution in [0, 0.1) is 17.6 Å². The highest BCUT2D eigenvalue weighted by Crippen LogP contribution is 2.13. The van der Waals surface area contributed by atoms with Crippen molar-refractivity contribution in [2.24, 2.45) is 0 Å². The van der Waals surface area contributed by atoms with E-state index in [1.54, 1.807) is 0 Å². The van der Waals surface area contributed by atoms with Gasteiger partial charge in [0.25, 0.3) is 5.95 Å². The fourth-order valence-electron chi connectivity index (χ4n) is 0.976. The van der Waals surface area contributed by atoms with Crippen LogP contribution in [0.2, 0.25) is 0 Å². The summed E-state index contributed by atoms with van der Waals surface area (Å²) in [5.74, 6) is -4.03. The van der Waals surface area contributed by atoms with Crippen molar-refractivity contribution >= 4 is 5.82 Å². The van der Waals surface area contributed by atoms with Crippen molar-refractivity contribution in [3.8, 4) is 0 Å². The third kappa shape index (κ3) is 3.67. The van der Waals surface area contributed by atoms with Crippen LogP contribution in [0.3, 0.4) is 0 Å². The zero-order valence-electron chi connectivity index (χ0n) is 8.34. The van der Waals surface area contributed by atoms with Gasteiger partial charge in [0.15, 0.2) is 17.5 Å². The third-order valence-electron chi connectivity index (χ3n) is 1.66. The molecule has 90 valence electrons. The molecule has 1 aromatic heterocycles. The van der Waals surface area contributed by atoms with Crippen molar-refractivity contribution in [1.82, 2.24) is 4.98 Å². The Hall–Kier alpha value is -1.34. The topological polar surface area (TPSA) is 54.4 Å². The van der Waals surface area contributed by atoms with Crippen LogP contribution in [-0.4, -0.2) is 36.5 Å². The summed E-state index contributed by atoms with van der Waals surface area (Å²) in [6.07, 6.45) is 0. The number of rotatable bonds is 6. The van der Waals surface area contributed by atoms with E-state index in [0.29, 0.717) is 6.07 Å². The molecule has 4 nitrogen and oxygen atoms in total. The molecule has 0 aromatic carbocycles. The van der Waals surface area contributed by atoms with E-state index < -0.39 is 17.6 Å². The first-order valence-corrected chi connectivity index (χ1v) is 4.59. The van der Waals surface area contributed by atoms with Gasteiger partial charge in [-0.3, -0.25) is 0 Å². The lowest BCUT2D eigenvalue weighted by Crippen LogP contribution is -2.13. The van der Waals surface area contributed by atoms with Gasteiger partial charge in [0.2, 0.25) is 0 Å². The highest BCUT2D eigenvalue weighted by atomic mass is 19.2. The van der Waals surface area contributed by atoms with E-state index in [0.717, 1.165) is 0 Å². The average Bonchev–Trinajstić information content (AvgIpc) is 2.25. The molecule has 0 bridgehead atoms. The van der Waals surface area contributed by atoms with Crippen LogP contribution in [-0.2, 0) is 4.74 Å². The lowest BCUT2D eigenvalue weighted by molar-refractivity contribution is 0.0991. The summed E-state index contributed by atoms with van der Waals surface area (Å²) in [6, 6.07) is 0.416. The molecular formula is C9H11F3N2O2. The second kappa shape index (κ2) is 6.29. The number of aromatic nitrogens is 1. The number of ether oxygens (including phenoxy) is 1. The van der Waals surface area contributed by atoms with Gasteiger partial charge in [-0.2, -0.15) is 9.37 Å². The smallest absolute Gasteiger partial charge is 0.251 e. The van der Waals surface area contributed by atoms with E-state index in [1.807, 2.05) is 0 Å². The van der Waals surface area contributed by atoms with E-state index >= 15 is 0 Å². The number of pyridine rings is 1. The first-order chi connectivity index (χ1) is 7.65. The van der Waals surface area contributed by atoms with Crippen molar-refractivity contribution in [2.75, 3.05) is 31.7 Å². The van der Waals surface area contributed by atoms with E-state index in [9.17, 15) is 13.2 Å². The van der Waals surface area contributed by atoms with Gasteiger partial charge >= 0.3 is 0 Å². The number of nitrogens with one attached hydrogen (secondary N) is 1. The molecule has 0 saturated heterocycles. The van der Waals surface area contributed by atoms with E-state index in [-0.39, 0.29) is 32.2 Å². The number of nitrogens with zero attached hydrogens (tertiary/aromatic N) is 1. The van der Waals surface area contributed by atoms with Crippen molar-refractivity contribution in [1.29, 1.82) is 0 Å². The third-order valence-corrected chi connectivity index (χ3v) is 1.66. The molecule has 0 spiro atoms. The van der Waals surface area contributed by atoms with Gasteiger partial charge in [-0.25, -0.2) is 8.78 Å². The van der Waals surface area contributed by atoms with Crippen molar-refractivity contribution in [3.05, 3.63) is 23.6 Å². The van der Waals surface area contributed by atoms with Crippen LogP contribution >= 0.6 is 0 Å². The Labute approximate surface area is 90.1 Å². The van der Waals surface area contributed by atoms with Crippen molar-refractivity contribution in [2.45, 2.75) is 0 Å². The SMILES string of the molecule is OCCOCCNc1nc(F)c(F)cc1F. The van der Waals surface area contributed by atoms with Gasteiger partial charge in [0.05, 0.1) is 19.8 Å². The molecule has 0 radical (unpaired) electrons. The zero-order chi connectivity index (χ0) is 12.0. The van der Waals surface area contributed by atoms with Crippen LogP contribution in [0.25, 0.3) is 0 Å². The van der Waals surface area contributed by atoms with Gasteiger partial charge in [-0.1, -0.05) is 0 Å². The molecule has 0 amide bonds. The average molecular weight is 236 g/mol. The molecular weight excluding hydrogens is 225 g/mol. The molecule has 7 heteroatoms. The van der Waals surface area contributed by atoms with Crippen LogP contribution in [0.4, 0.5) is 19.0 Å². The fourth-order valence-corrected chi connectivity index (χ4v) is 0.976. The number of aliphatic hydroxyl groups is 1. The fraction of sp³-hybridized carbons (Fsp3) is 0.444. The Morgan fingerprint density at radius 3 is 2.69 bits per heavy atom. The number of halogens is 3. The number of anilines is 1. The monoisotopic (exact) mass is 236 g/mol. The summed E-state index contributed by atoms with van der Waals surface area (Å²) < 4.78 is 43.0. The van der Waals surface area contributed by atoms with Gasteiger partial charge in [0.1, 0.15) is 0 Å². The Morgan fingerprint density at radius 2 is 2.00 bits per heavy atom. The van der Waals surface area contributed by atoms with Crippen LogP contribution < -0.4 is 5.32 Å². The summed E-state index contributed by atoms with van der Waals surface area (Å²) in [6.45, 7) is 0.419.